The molecule has 2 rings (SSSR count). The summed E-state index contributed by atoms with van der Waals surface area (Å²) < 4.78 is 0. The van der Waals surface area contributed by atoms with Crippen LogP contribution in [0.15, 0.2) is 30.6 Å². The molecule has 100 valence electrons. The number of nitro benzene ring substituents is 1. The molecule has 1 aromatic carbocycles. The van der Waals surface area contributed by atoms with Crippen LogP contribution in [-0.2, 0) is 0 Å². The molecule has 0 spiro atoms. The van der Waals surface area contributed by atoms with Crippen molar-refractivity contribution < 1.29 is 4.92 Å². The summed E-state index contributed by atoms with van der Waals surface area (Å²) in [6.45, 7) is 5.19. The van der Waals surface area contributed by atoms with E-state index in [1.54, 1.807) is 24.5 Å². The van der Waals surface area contributed by atoms with Crippen LogP contribution in [0.1, 0.15) is 20.3 Å². The van der Waals surface area contributed by atoms with Crippen molar-refractivity contribution in [3.63, 3.8) is 0 Å². The fraction of sp³-hybridized carbons (Fsp3) is 0.357. The van der Waals surface area contributed by atoms with Crippen LogP contribution in [0, 0.1) is 16.0 Å². The number of nitro groups is 1. The predicted octanol–water partition coefficient (Wildman–Crippen LogP) is 3.60. The lowest BCUT2D eigenvalue weighted by Crippen LogP contribution is -2.05. The Morgan fingerprint density at radius 1 is 1.32 bits per heavy atom. The first-order chi connectivity index (χ1) is 9.09. The van der Waals surface area contributed by atoms with Crippen LogP contribution >= 0.6 is 0 Å². The molecule has 0 aliphatic rings. The van der Waals surface area contributed by atoms with Gasteiger partial charge >= 0.3 is 0 Å². The Morgan fingerprint density at radius 3 is 2.79 bits per heavy atom. The Labute approximate surface area is 111 Å². The number of fused-ring (bicyclic) bond motifs is 1. The van der Waals surface area contributed by atoms with Crippen LogP contribution in [-0.4, -0.2) is 16.5 Å². The lowest BCUT2D eigenvalue weighted by atomic mass is 10.1. The maximum absolute atomic E-state index is 11.0. The number of non-ortho nitro benzene ring substituents is 1. The van der Waals surface area contributed by atoms with Crippen LogP contribution in [0.2, 0.25) is 0 Å². The average molecular weight is 259 g/mol. The predicted molar refractivity (Wildman–Crippen MR) is 76.3 cm³/mol. The molecule has 0 saturated carbocycles. The third-order valence-electron chi connectivity index (χ3n) is 3.03. The van der Waals surface area contributed by atoms with Crippen molar-refractivity contribution in [1.82, 2.24) is 4.98 Å². The van der Waals surface area contributed by atoms with Gasteiger partial charge in [0.1, 0.15) is 0 Å². The molecular formula is C14H17N3O2. The van der Waals surface area contributed by atoms with Crippen molar-refractivity contribution in [2.75, 3.05) is 11.9 Å². The molecule has 1 heterocycles. The van der Waals surface area contributed by atoms with E-state index in [4.69, 9.17) is 0 Å². The highest BCUT2D eigenvalue weighted by Gasteiger charge is 2.13. The minimum atomic E-state index is -0.373. The number of anilines is 1. The van der Waals surface area contributed by atoms with Gasteiger partial charge in [-0.15, -0.1) is 0 Å². The van der Waals surface area contributed by atoms with Gasteiger partial charge < -0.3 is 5.32 Å². The fourth-order valence-corrected chi connectivity index (χ4v) is 1.98. The average Bonchev–Trinajstić information content (AvgIpc) is 2.38. The molecule has 5 nitrogen and oxygen atoms in total. The monoisotopic (exact) mass is 259 g/mol. The number of pyridine rings is 1. The van der Waals surface area contributed by atoms with Crippen LogP contribution < -0.4 is 5.32 Å². The summed E-state index contributed by atoms with van der Waals surface area (Å²) in [6, 6.07) is 5.10. The third kappa shape index (κ3) is 2.99. The summed E-state index contributed by atoms with van der Waals surface area (Å²) in [5.74, 6) is 0.624. The Balaban J connectivity index is 2.36. The first-order valence-electron chi connectivity index (χ1n) is 6.34. The maximum Gasteiger partial charge on any atom is 0.278 e. The molecule has 0 saturated heterocycles. The number of nitrogens with zero attached hydrogens (tertiary/aromatic N) is 2. The van der Waals surface area contributed by atoms with E-state index < -0.39 is 0 Å². The van der Waals surface area contributed by atoms with Crippen LogP contribution in [0.4, 0.5) is 11.4 Å². The fourth-order valence-electron chi connectivity index (χ4n) is 1.98. The normalized spacial score (nSPS) is 10.9. The van der Waals surface area contributed by atoms with Gasteiger partial charge in [0.2, 0.25) is 0 Å². The molecule has 5 heteroatoms. The largest absolute Gasteiger partial charge is 0.385 e. The van der Waals surface area contributed by atoms with Crippen molar-refractivity contribution in [3.8, 4) is 0 Å². The second-order valence-electron chi connectivity index (χ2n) is 4.92. The first kappa shape index (κ1) is 13.3. The molecule has 1 N–H and O–H groups in total. The maximum atomic E-state index is 11.0. The molecule has 2 aromatic rings. The van der Waals surface area contributed by atoms with E-state index >= 15 is 0 Å². The summed E-state index contributed by atoms with van der Waals surface area (Å²) >= 11 is 0. The highest BCUT2D eigenvalue weighted by atomic mass is 16.6. The number of aromatic nitrogens is 1. The SMILES string of the molecule is CC(C)CCNc1ccc([N+](=O)[O-])c2cnccc12. The minimum absolute atomic E-state index is 0.0949. The highest BCUT2D eigenvalue weighted by Crippen LogP contribution is 2.30. The molecule has 0 atom stereocenters. The topological polar surface area (TPSA) is 68.1 Å². The second-order valence-corrected chi connectivity index (χ2v) is 4.92. The molecule has 0 unspecified atom stereocenters. The number of nitrogens with one attached hydrogen (secondary N) is 1. The Kier molecular flexibility index (Phi) is 3.94. The van der Waals surface area contributed by atoms with Crippen molar-refractivity contribution in [3.05, 3.63) is 40.7 Å². The van der Waals surface area contributed by atoms with Gasteiger partial charge in [-0.1, -0.05) is 13.8 Å². The Bertz CT molecular complexity index is 596. The van der Waals surface area contributed by atoms with E-state index in [-0.39, 0.29) is 10.6 Å². The standard InChI is InChI=1S/C14H17N3O2/c1-10(2)5-8-16-13-3-4-14(17(18)19)12-9-15-7-6-11(12)13/h3-4,6-7,9-10,16H,5,8H2,1-2H3. The zero-order valence-electron chi connectivity index (χ0n) is 11.1. The van der Waals surface area contributed by atoms with Crippen molar-refractivity contribution in [1.29, 1.82) is 0 Å². The molecule has 0 bridgehead atoms. The summed E-state index contributed by atoms with van der Waals surface area (Å²) in [7, 11) is 0. The van der Waals surface area contributed by atoms with Gasteiger partial charge in [-0.25, -0.2) is 0 Å². The number of rotatable bonds is 5. The molecule has 1 aromatic heterocycles. The first-order valence-corrected chi connectivity index (χ1v) is 6.34. The lowest BCUT2D eigenvalue weighted by Gasteiger charge is -2.11. The zero-order valence-corrected chi connectivity index (χ0v) is 11.1. The highest BCUT2D eigenvalue weighted by molar-refractivity contribution is 5.99. The van der Waals surface area contributed by atoms with E-state index in [1.165, 1.54) is 6.07 Å². The summed E-state index contributed by atoms with van der Waals surface area (Å²) in [5.41, 5.74) is 1.01. The smallest absolute Gasteiger partial charge is 0.278 e. The molecular weight excluding hydrogens is 242 g/mol. The zero-order chi connectivity index (χ0) is 13.8. The third-order valence-corrected chi connectivity index (χ3v) is 3.03. The van der Waals surface area contributed by atoms with Gasteiger partial charge in [-0.2, -0.15) is 0 Å². The van der Waals surface area contributed by atoms with E-state index in [0.29, 0.717) is 11.3 Å². The van der Waals surface area contributed by atoms with Gasteiger partial charge in [0.05, 0.1) is 10.3 Å². The Hall–Kier alpha value is -2.17. The quantitative estimate of drug-likeness (QED) is 0.658. The van der Waals surface area contributed by atoms with Crippen LogP contribution in [0.5, 0.6) is 0 Å². The van der Waals surface area contributed by atoms with Gasteiger partial charge in [0.25, 0.3) is 5.69 Å². The van der Waals surface area contributed by atoms with E-state index in [1.807, 2.05) is 0 Å². The van der Waals surface area contributed by atoms with Crippen molar-refractivity contribution in [2.45, 2.75) is 20.3 Å². The molecule has 0 aliphatic carbocycles. The Morgan fingerprint density at radius 2 is 2.11 bits per heavy atom. The van der Waals surface area contributed by atoms with Gasteiger partial charge in [0.15, 0.2) is 0 Å². The van der Waals surface area contributed by atoms with Crippen molar-refractivity contribution >= 4 is 22.1 Å². The van der Waals surface area contributed by atoms with Gasteiger partial charge in [-0.05, 0) is 24.5 Å². The molecule has 0 amide bonds. The number of benzene rings is 1. The molecule has 0 aliphatic heterocycles. The van der Waals surface area contributed by atoms with Crippen LogP contribution in [0.3, 0.4) is 0 Å². The summed E-state index contributed by atoms with van der Waals surface area (Å²) in [6.07, 6.45) is 4.25. The molecule has 0 fully saturated rings. The number of hydrogen-bond acceptors (Lipinski definition) is 4. The van der Waals surface area contributed by atoms with E-state index in [0.717, 1.165) is 24.0 Å². The van der Waals surface area contributed by atoms with Crippen LogP contribution in [0.25, 0.3) is 10.8 Å². The molecule has 0 radical (unpaired) electrons. The second kappa shape index (κ2) is 5.65. The van der Waals surface area contributed by atoms with Crippen molar-refractivity contribution in [2.24, 2.45) is 5.92 Å². The van der Waals surface area contributed by atoms with E-state index in [2.05, 4.69) is 24.1 Å². The molecule has 19 heavy (non-hydrogen) atoms. The number of hydrogen-bond donors (Lipinski definition) is 1. The van der Waals surface area contributed by atoms with Gasteiger partial charge in [-0.3, -0.25) is 15.1 Å². The summed E-state index contributed by atoms with van der Waals surface area (Å²) in [5, 5.41) is 15.7. The summed E-state index contributed by atoms with van der Waals surface area (Å²) in [4.78, 5) is 14.6. The van der Waals surface area contributed by atoms with Gasteiger partial charge in [0, 0.05) is 36.1 Å². The minimum Gasteiger partial charge on any atom is -0.385 e. The van der Waals surface area contributed by atoms with E-state index in [9.17, 15) is 10.1 Å². The lowest BCUT2D eigenvalue weighted by molar-refractivity contribution is -0.383.